The zero-order chi connectivity index (χ0) is 17.4. The van der Waals surface area contributed by atoms with Crippen LogP contribution in [-0.2, 0) is 5.60 Å². The lowest BCUT2D eigenvalue weighted by molar-refractivity contribution is -0.0173. The van der Waals surface area contributed by atoms with E-state index in [1.54, 1.807) is 0 Å². The van der Waals surface area contributed by atoms with Crippen LogP contribution in [-0.4, -0.2) is 40.9 Å². The molecule has 3 heteroatoms. The van der Waals surface area contributed by atoms with Crippen molar-refractivity contribution in [3.8, 4) is 11.8 Å². The molecule has 0 aliphatic heterocycles. The third kappa shape index (κ3) is 4.83. The maximum absolute atomic E-state index is 11.4. The number of benzene rings is 1. The fraction of sp³-hybridized carbons (Fsp3) is 0.619. The van der Waals surface area contributed by atoms with Gasteiger partial charge in [0.05, 0.1) is 13.2 Å². The first-order valence-corrected chi connectivity index (χ1v) is 9.16. The van der Waals surface area contributed by atoms with Gasteiger partial charge in [-0.15, -0.1) is 0 Å². The van der Waals surface area contributed by atoms with Crippen LogP contribution < -0.4 is 0 Å². The minimum Gasteiger partial charge on any atom is -0.395 e. The Morgan fingerprint density at radius 3 is 2.42 bits per heavy atom. The Balaban J connectivity index is 2.08. The van der Waals surface area contributed by atoms with Crippen molar-refractivity contribution in [1.82, 2.24) is 4.90 Å². The van der Waals surface area contributed by atoms with Crippen LogP contribution in [0.4, 0.5) is 0 Å². The Kier molecular flexibility index (Phi) is 7.30. The second kappa shape index (κ2) is 9.22. The molecule has 2 rings (SSSR count). The van der Waals surface area contributed by atoms with E-state index in [0.717, 1.165) is 18.4 Å². The average molecular weight is 329 g/mol. The lowest BCUT2D eigenvalue weighted by Gasteiger charge is -2.33. The van der Waals surface area contributed by atoms with Crippen molar-refractivity contribution in [3.05, 3.63) is 35.9 Å². The topological polar surface area (TPSA) is 43.7 Å². The smallest absolute Gasteiger partial charge is 0.103 e. The summed E-state index contributed by atoms with van der Waals surface area (Å²) in [4.78, 5) is 2.14. The molecule has 1 fully saturated rings. The van der Waals surface area contributed by atoms with Crippen molar-refractivity contribution in [1.29, 1.82) is 0 Å². The quantitative estimate of drug-likeness (QED) is 0.755. The first-order valence-electron chi connectivity index (χ1n) is 9.16. The minimum atomic E-state index is -0.843. The van der Waals surface area contributed by atoms with E-state index in [9.17, 15) is 5.11 Å². The molecule has 24 heavy (non-hydrogen) atoms. The molecular formula is C21H31NO2. The van der Waals surface area contributed by atoms with Crippen molar-refractivity contribution in [2.24, 2.45) is 5.92 Å². The van der Waals surface area contributed by atoms with E-state index in [2.05, 4.69) is 30.6 Å². The maximum Gasteiger partial charge on any atom is 0.103 e. The molecule has 1 unspecified atom stereocenters. The van der Waals surface area contributed by atoms with Crippen molar-refractivity contribution >= 4 is 0 Å². The zero-order valence-corrected chi connectivity index (χ0v) is 15.0. The standard InChI is InChI=1S/C21H31NO2/c1-18(2)22(16-17-23)15-9-8-14-21(24,20-12-6-7-13-20)19-10-4-3-5-11-19/h3-5,10-11,18,20,23-24H,6-7,12-17H2,1-2H3. The Hall–Kier alpha value is -1.34. The molecule has 0 bridgehead atoms. The number of hydrogen-bond acceptors (Lipinski definition) is 3. The van der Waals surface area contributed by atoms with Crippen LogP contribution in [0.1, 0.15) is 51.5 Å². The molecular weight excluding hydrogens is 298 g/mol. The molecule has 1 aromatic carbocycles. The normalized spacial score (nSPS) is 17.8. The summed E-state index contributed by atoms with van der Waals surface area (Å²) in [6.45, 7) is 5.63. The van der Waals surface area contributed by atoms with E-state index in [4.69, 9.17) is 5.11 Å². The summed E-state index contributed by atoms with van der Waals surface area (Å²) in [7, 11) is 0. The van der Waals surface area contributed by atoms with Gasteiger partial charge in [0.25, 0.3) is 0 Å². The van der Waals surface area contributed by atoms with Crippen LogP contribution in [0.2, 0.25) is 0 Å². The first-order chi connectivity index (χ1) is 11.6. The van der Waals surface area contributed by atoms with Gasteiger partial charge in [-0.2, -0.15) is 0 Å². The monoisotopic (exact) mass is 329 g/mol. The molecule has 0 saturated heterocycles. The second-order valence-electron chi connectivity index (χ2n) is 7.09. The van der Waals surface area contributed by atoms with E-state index >= 15 is 0 Å². The molecule has 132 valence electrons. The number of hydrogen-bond donors (Lipinski definition) is 2. The fourth-order valence-electron chi connectivity index (χ4n) is 3.62. The third-order valence-electron chi connectivity index (χ3n) is 5.19. The van der Waals surface area contributed by atoms with Crippen molar-refractivity contribution in [2.75, 3.05) is 19.7 Å². The SMILES string of the molecule is CC(C)N(CC#CCC(O)(c1ccccc1)C1CCCC1)CCO. The predicted molar refractivity (Wildman–Crippen MR) is 98.5 cm³/mol. The van der Waals surface area contributed by atoms with Gasteiger partial charge < -0.3 is 10.2 Å². The van der Waals surface area contributed by atoms with E-state index in [-0.39, 0.29) is 6.61 Å². The number of nitrogens with zero attached hydrogens (tertiary/aromatic N) is 1. The summed E-state index contributed by atoms with van der Waals surface area (Å²) in [6, 6.07) is 10.4. The highest BCUT2D eigenvalue weighted by Gasteiger charge is 2.39. The van der Waals surface area contributed by atoms with Gasteiger partial charge in [0.15, 0.2) is 0 Å². The highest BCUT2D eigenvalue weighted by atomic mass is 16.3. The highest BCUT2D eigenvalue weighted by Crippen LogP contribution is 2.42. The van der Waals surface area contributed by atoms with Gasteiger partial charge in [-0.05, 0) is 38.2 Å². The second-order valence-corrected chi connectivity index (χ2v) is 7.09. The van der Waals surface area contributed by atoms with Gasteiger partial charge in [-0.3, -0.25) is 4.90 Å². The molecule has 1 aromatic rings. The molecule has 0 spiro atoms. The summed E-state index contributed by atoms with van der Waals surface area (Å²) >= 11 is 0. The molecule has 0 aromatic heterocycles. The van der Waals surface area contributed by atoms with E-state index in [1.807, 2.05) is 30.3 Å². The van der Waals surface area contributed by atoms with Crippen LogP contribution in [0.15, 0.2) is 30.3 Å². The highest BCUT2D eigenvalue weighted by molar-refractivity contribution is 5.26. The molecule has 1 aliphatic carbocycles. The maximum atomic E-state index is 11.4. The summed E-state index contributed by atoms with van der Waals surface area (Å²) < 4.78 is 0. The van der Waals surface area contributed by atoms with Crippen molar-refractivity contribution in [3.63, 3.8) is 0 Å². The van der Waals surface area contributed by atoms with Crippen LogP contribution in [0.3, 0.4) is 0 Å². The van der Waals surface area contributed by atoms with Gasteiger partial charge in [-0.1, -0.05) is 55.0 Å². The van der Waals surface area contributed by atoms with E-state index in [0.29, 0.717) is 31.5 Å². The zero-order valence-electron chi connectivity index (χ0n) is 15.0. The molecule has 3 nitrogen and oxygen atoms in total. The molecule has 1 aliphatic rings. The average Bonchev–Trinajstić information content (AvgIpc) is 3.13. The van der Waals surface area contributed by atoms with Crippen molar-refractivity contribution in [2.45, 2.75) is 57.6 Å². The molecule has 1 atom stereocenters. The van der Waals surface area contributed by atoms with Gasteiger partial charge in [-0.25, -0.2) is 0 Å². The summed E-state index contributed by atoms with van der Waals surface area (Å²) in [5, 5.41) is 20.5. The Morgan fingerprint density at radius 1 is 1.17 bits per heavy atom. The van der Waals surface area contributed by atoms with Gasteiger partial charge in [0.2, 0.25) is 0 Å². The largest absolute Gasteiger partial charge is 0.395 e. The van der Waals surface area contributed by atoms with Crippen molar-refractivity contribution < 1.29 is 10.2 Å². The van der Waals surface area contributed by atoms with Gasteiger partial charge >= 0.3 is 0 Å². The lowest BCUT2D eigenvalue weighted by atomic mass is 9.78. The predicted octanol–water partition coefficient (Wildman–Crippen LogP) is 3.16. The molecule has 2 N–H and O–H groups in total. The van der Waals surface area contributed by atoms with Gasteiger partial charge in [0.1, 0.15) is 5.60 Å². The number of aliphatic hydroxyl groups excluding tert-OH is 1. The minimum absolute atomic E-state index is 0.149. The third-order valence-corrected chi connectivity index (χ3v) is 5.19. The first kappa shape index (κ1) is 19.0. The van der Waals surface area contributed by atoms with E-state index in [1.165, 1.54) is 12.8 Å². The van der Waals surface area contributed by atoms with Crippen LogP contribution in [0.25, 0.3) is 0 Å². The molecule has 0 heterocycles. The van der Waals surface area contributed by atoms with Crippen LogP contribution in [0, 0.1) is 17.8 Å². The molecule has 0 amide bonds. The van der Waals surface area contributed by atoms with E-state index < -0.39 is 5.60 Å². The molecule has 1 saturated carbocycles. The van der Waals surface area contributed by atoms with Crippen LogP contribution >= 0.6 is 0 Å². The van der Waals surface area contributed by atoms with Crippen LogP contribution in [0.5, 0.6) is 0 Å². The lowest BCUT2D eigenvalue weighted by Crippen LogP contribution is -2.34. The summed E-state index contributed by atoms with van der Waals surface area (Å²) in [5.74, 6) is 6.73. The van der Waals surface area contributed by atoms with Gasteiger partial charge in [0, 0.05) is 19.0 Å². The number of rotatable bonds is 7. The number of aliphatic hydroxyl groups is 2. The fourth-order valence-corrected chi connectivity index (χ4v) is 3.62. The summed E-state index contributed by atoms with van der Waals surface area (Å²) in [5.41, 5.74) is 0.145. The Labute approximate surface area is 146 Å². The summed E-state index contributed by atoms with van der Waals surface area (Å²) in [6.07, 6.45) is 5.04. The Bertz CT molecular complexity index is 540. The molecule has 0 radical (unpaired) electrons. The Morgan fingerprint density at radius 2 is 1.83 bits per heavy atom.